The minimum absolute atomic E-state index is 0.00215. The van der Waals surface area contributed by atoms with Gasteiger partial charge in [0.2, 0.25) is 5.91 Å². The van der Waals surface area contributed by atoms with Crippen LogP contribution in [0.4, 0.5) is 0 Å². The Kier molecular flexibility index (Phi) is 4.88. The average molecular weight is 327 g/mol. The highest BCUT2D eigenvalue weighted by atomic mass is 16.2. The lowest BCUT2D eigenvalue weighted by Crippen LogP contribution is -2.44. The van der Waals surface area contributed by atoms with Crippen molar-refractivity contribution in [3.8, 4) is 0 Å². The smallest absolute Gasteiger partial charge is 0.270 e. The number of H-pyrrole nitrogens is 1. The number of nitrogens with one attached hydrogen (secondary N) is 2. The van der Waals surface area contributed by atoms with E-state index in [-0.39, 0.29) is 17.7 Å². The number of piperidine rings is 1. The van der Waals surface area contributed by atoms with Crippen molar-refractivity contribution in [2.24, 2.45) is 11.8 Å². The van der Waals surface area contributed by atoms with Gasteiger partial charge in [0.1, 0.15) is 5.69 Å². The van der Waals surface area contributed by atoms with E-state index in [9.17, 15) is 9.59 Å². The fourth-order valence-electron chi connectivity index (χ4n) is 3.22. The molecule has 1 aromatic heterocycles. The van der Waals surface area contributed by atoms with Gasteiger partial charge >= 0.3 is 0 Å². The van der Waals surface area contributed by atoms with Crippen molar-refractivity contribution < 1.29 is 9.59 Å². The second-order valence-electron chi connectivity index (χ2n) is 6.93. The molecule has 2 amide bonds. The van der Waals surface area contributed by atoms with Crippen LogP contribution < -0.4 is 5.32 Å². The predicted octanol–water partition coefficient (Wildman–Crippen LogP) is 2.79. The minimum Gasteiger partial charge on any atom is -0.356 e. The van der Waals surface area contributed by atoms with Gasteiger partial charge in [-0.05, 0) is 30.9 Å². The van der Waals surface area contributed by atoms with Gasteiger partial charge in [-0.2, -0.15) is 0 Å². The Morgan fingerprint density at radius 2 is 2.12 bits per heavy atom. The van der Waals surface area contributed by atoms with Gasteiger partial charge in [0.15, 0.2) is 0 Å². The highest BCUT2D eigenvalue weighted by Crippen LogP contribution is 2.20. The molecule has 5 heteroatoms. The maximum Gasteiger partial charge on any atom is 0.270 e. The number of hydrogen-bond donors (Lipinski definition) is 2. The first-order chi connectivity index (χ1) is 11.5. The van der Waals surface area contributed by atoms with E-state index in [1.807, 2.05) is 49.1 Å². The molecule has 1 atom stereocenters. The number of para-hydroxylation sites is 1. The molecule has 5 nitrogen and oxygen atoms in total. The van der Waals surface area contributed by atoms with Gasteiger partial charge in [-0.25, -0.2) is 0 Å². The summed E-state index contributed by atoms with van der Waals surface area (Å²) < 4.78 is 0. The van der Waals surface area contributed by atoms with Crippen LogP contribution in [0.5, 0.6) is 0 Å². The van der Waals surface area contributed by atoms with E-state index in [1.165, 1.54) is 0 Å². The Hall–Kier alpha value is -2.30. The van der Waals surface area contributed by atoms with Crippen LogP contribution in [-0.2, 0) is 4.79 Å². The van der Waals surface area contributed by atoms with Gasteiger partial charge in [0.25, 0.3) is 5.91 Å². The number of carbonyl (C=O) groups is 2. The predicted molar refractivity (Wildman–Crippen MR) is 94.8 cm³/mol. The summed E-state index contributed by atoms with van der Waals surface area (Å²) in [5.74, 6) is 0.451. The maximum atomic E-state index is 12.8. The van der Waals surface area contributed by atoms with Crippen molar-refractivity contribution in [1.82, 2.24) is 15.2 Å². The molecular formula is C19H25N3O2. The molecule has 1 aliphatic rings. The highest BCUT2D eigenvalue weighted by molar-refractivity contribution is 5.98. The minimum atomic E-state index is -0.00215. The number of hydrogen-bond acceptors (Lipinski definition) is 2. The second kappa shape index (κ2) is 7.07. The first-order valence-corrected chi connectivity index (χ1v) is 8.69. The second-order valence-corrected chi connectivity index (χ2v) is 6.93. The van der Waals surface area contributed by atoms with E-state index < -0.39 is 0 Å². The molecular weight excluding hydrogens is 302 g/mol. The Balaban J connectivity index is 1.63. The molecule has 2 aromatic rings. The van der Waals surface area contributed by atoms with Gasteiger partial charge in [-0.15, -0.1) is 0 Å². The molecule has 24 heavy (non-hydrogen) atoms. The largest absolute Gasteiger partial charge is 0.356 e. The van der Waals surface area contributed by atoms with Gasteiger partial charge in [0.05, 0.1) is 0 Å². The molecule has 1 aliphatic heterocycles. The lowest BCUT2D eigenvalue weighted by atomic mass is 9.97. The van der Waals surface area contributed by atoms with Crippen LogP contribution in [-0.4, -0.2) is 41.3 Å². The van der Waals surface area contributed by atoms with Crippen LogP contribution >= 0.6 is 0 Å². The molecule has 0 unspecified atom stereocenters. The lowest BCUT2D eigenvalue weighted by molar-refractivity contribution is -0.124. The van der Waals surface area contributed by atoms with Gasteiger partial charge < -0.3 is 15.2 Å². The molecule has 0 saturated carbocycles. The number of fused-ring (bicyclic) bond motifs is 1. The molecule has 0 bridgehead atoms. The summed E-state index contributed by atoms with van der Waals surface area (Å²) in [5.41, 5.74) is 1.63. The zero-order valence-electron chi connectivity index (χ0n) is 14.3. The standard InChI is InChI=1S/C19H25N3O2/c1-13(2)18(23)20-11-14-6-5-9-22(12-14)19(24)17-10-15-7-3-4-8-16(15)21-17/h3-4,7-8,10,13-14,21H,5-6,9,11-12H2,1-2H3,(H,20,23)/t14-/m0/s1. The molecule has 128 valence electrons. The first kappa shape index (κ1) is 16.6. The van der Waals surface area contributed by atoms with Crippen LogP contribution in [0.3, 0.4) is 0 Å². The Morgan fingerprint density at radius 1 is 1.33 bits per heavy atom. The van der Waals surface area contributed by atoms with E-state index in [2.05, 4.69) is 10.3 Å². The third-order valence-corrected chi connectivity index (χ3v) is 4.66. The number of aromatic nitrogens is 1. The summed E-state index contributed by atoms with van der Waals surface area (Å²) in [6, 6.07) is 9.83. The van der Waals surface area contributed by atoms with Crippen molar-refractivity contribution in [3.05, 3.63) is 36.0 Å². The number of rotatable bonds is 4. The molecule has 0 radical (unpaired) electrons. The molecule has 1 aromatic carbocycles. The zero-order valence-corrected chi connectivity index (χ0v) is 14.3. The summed E-state index contributed by atoms with van der Waals surface area (Å²) in [7, 11) is 0. The van der Waals surface area contributed by atoms with E-state index in [1.54, 1.807) is 0 Å². The van der Waals surface area contributed by atoms with Crippen molar-refractivity contribution >= 4 is 22.7 Å². The fraction of sp³-hybridized carbons (Fsp3) is 0.474. The fourth-order valence-corrected chi connectivity index (χ4v) is 3.22. The third kappa shape index (κ3) is 3.61. The van der Waals surface area contributed by atoms with E-state index >= 15 is 0 Å². The SMILES string of the molecule is CC(C)C(=O)NC[C@@H]1CCCN(C(=O)c2cc3ccccc3[nH]2)C1. The highest BCUT2D eigenvalue weighted by Gasteiger charge is 2.25. The van der Waals surface area contributed by atoms with Crippen molar-refractivity contribution in [2.45, 2.75) is 26.7 Å². The number of nitrogens with zero attached hydrogens (tertiary/aromatic N) is 1. The number of amides is 2. The maximum absolute atomic E-state index is 12.8. The number of aromatic amines is 1. The lowest BCUT2D eigenvalue weighted by Gasteiger charge is -2.32. The Morgan fingerprint density at radius 3 is 2.88 bits per heavy atom. The van der Waals surface area contributed by atoms with Crippen molar-refractivity contribution in [2.75, 3.05) is 19.6 Å². The van der Waals surface area contributed by atoms with E-state index in [4.69, 9.17) is 0 Å². The zero-order chi connectivity index (χ0) is 17.1. The molecule has 2 heterocycles. The van der Waals surface area contributed by atoms with Crippen LogP contribution in [0.15, 0.2) is 30.3 Å². The molecule has 2 N–H and O–H groups in total. The third-order valence-electron chi connectivity index (χ3n) is 4.66. The topological polar surface area (TPSA) is 65.2 Å². The van der Waals surface area contributed by atoms with Crippen LogP contribution in [0, 0.1) is 11.8 Å². The Labute approximate surface area is 142 Å². The monoisotopic (exact) mass is 327 g/mol. The summed E-state index contributed by atoms with van der Waals surface area (Å²) in [4.78, 5) is 29.6. The Bertz CT molecular complexity index is 702. The van der Waals surface area contributed by atoms with Gasteiger partial charge in [-0.3, -0.25) is 9.59 Å². The normalized spacial score (nSPS) is 18.1. The number of carbonyl (C=O) groups excluding carboxylic acids is 2. The molecule has 1 saturated heterocycles. The van der Waals surface area contributed by atoms with Crippen LogP contribution in [0.25, 0.3) is 10.9 Å². The van der Waals surface area contributed by atoms with Gasteiger partial charge in [0, 0.05) is 36.5 Å². The average Bonchev–Trinajstić information content (AvgIpc) is 3.03. The first-order valence-electron chi connectivity index (χ1n) is 8.69. The van der Waals surface area contributed by atoms with Crippen molar-refractivity contribution in [3.63, 3.8) is 0 Å². The van der Waals surface area contributed by atoms with Crippen LogP contribution in [0.1, 0.15) is 37.2 Å². The molecule has 0 aliphatic carbocycles. The van der Waals surface area contributed by atoms with E-state index in [0.717, 1.165) is 30.3 Å². The summed E-state index contributed by atoms with van der Waals surface area (Å²) in [6.45, 7) is 5.91. The van der Waals surface area contributed by atoms with E-state index in [0.29, 0.717) is 24.7 Å². The molecule has 3 rings (SSSR count). The number of likely N-dealkylation sites (tertiary alicyclic amines) is 1. The summed E-state index contributed by atoms with van der Waals surface area (Å²) in [6.07, 6.45) is 2.03. The summed E-state index contributed by atoms with van der Waals surface area (Å²) in [5, 5.41) is 4.04. The number of benzene rings is 1. The molecule has 0 spiro atoms. The quantitative estimate of drug-likeness (QED) is 0.907. The van der Waals surface area contributed by atoms with Crippen LogP contribution in [0.2, 0.25) is 0 Å². The van der Waals surface area contributed by atoms with Gasteiger partial charge in [-0.1, -0.05) is 32.0 Å². The summed E-state index contributed by atoms with van der Waals surface area (Å²) >= 11 is 0. The molecule has 1 fully saturated rings. The van der Waals surface area contributed by atoms with Crippen molar-refractivity contribution in [1.29, 1.82) is 0 Å².